The quantitative estimate of drug-likeness (QED) is 0.311. The average Bonchev–Trinajstić information content (AvgIpc) is 3.25. The van der Waals surface area contributed by atoms with Gasteiger partial charge in [0.25, 0.3) is 5.91 Å². The Bertz CT molecular complexity index is 1160. The second-order valence-corrected chi connectivity index (χ2v) is 10.4. The average molecular weight is 512 g/mol. The fourth-order valence-electron chi connectivity index (χ4n) is 4.15. The summed E-state index contributed by atoms with van der Waals surface area (Å²) in [4.78, 5) is 30.1. The molecular formula is C29H35ClFN3O2. The molecule has 0 aliphatic heterocycles. The van der Waals surface area contributed by atoms with E-state index < -0.39 is 5.82 Å². The Morgan fingerprint density at radius 1 is 0.889 bits per heavy atom. The van der Waals surface area contributed by atoms with Gasteiger partial charge in [-0.1, -0.05) is 57.5 Å². The van der Waals surface area contributed by atoms with Crippen molar-refractivity contribution < 1.29 is 14.0 Å². The minimum absolute atomic E-state index is 0.0354. The van der Waals surface area contributed by atoms with Gasteiger partial charge in [0.1, 0.15) is 12.4 Å². The van der Waals surface area contributed by atoms with Gasteiger partial charge in [-0.15, -0.1) is 0 Å². The van der Waals surface area contributed by atoms with Crippen LogP contribution in [0.2, 0.25) is 5.02 Å². The number of nitrogens with zero attached hydrogens (tertiary/aromatic N) is 3. The van der Waals surface area contributed by atoms with Gasteiger partial charge in [0.05, 0.1) is 6.54 Å². The molecule has 0 atom stereocenters. The first kappa shape index (κ1) is 27.5. The Labute approximate surface area is 218 Å². The zero-order valence-electron chi connectivity index (χ0n) is 21.5. The lowest BCUT2D eigenvalue weighted by atomic mass is 10.1. The Morgan fingerprint density at radius 3 is 2.17 bits per heavy atom. The summed E-state index contributed by atoms with van der Waals surface area (Å²) in [6, 6.07) is 17.2. The van der Waals surface area contributed by atoms with Crippen molar-refractivity contribution in [2.45, 2.75) is 40.8 Å². The molecule has 0 radical (unpaired) electrons. The second-order valence-electron chi connectivity index (χ2n) is 9.97. The summed E-state index contributed by atoms with van der Waals surface area (Å²) in [7, 11) is 0. The fourth-order valence-corrected chi connectivity index (χ4v) is 4.34. The van der Waals surface area contributed by atoms with Crippen molar-refractivity contribution in [3.8, 4) is 0 Å². The van der Waals surface area contributed by atoms with Crippen LogP contribution < -0.4 is 0 Å². The van der Waals surface area contributed by atoms with E-state index in [1.807, 2.05) is 61.3 Å². The normalized spacial score (nSPS) is 11.2. The number of rotatable bonds is 11. The smallest absolute Gasteiger partial charge is 0.254 e. The third-order valence-electron chi connectivity index (χ3n) is 5.80. The molecule has 192 valence electrons. The van der Waals surface area contributed by atoms with E-state index in [-0.39, 0.29) is 30.2 Å². The molecule has 0 saturated carbocycles. The standard InChI is InChI=1S/C29H35ClFN3O2/c1-21(2)16-33(19-26-9-7-15-32(26)18-24-8-5-6-10-27(24)30)28(35)20-34(17-22(3)4)29(36)23-11-13-25(31)14-12-23/h5-15,21-22H,16-20H2,1-4H3. The molecule has 1 heterocycles. The van der Waals surface area contributed by atoms with E-state index in [0.717, 1.165) is 11.3 Å². The van der Waals surface area contributed by atoms with Gasteiger partial charge in [-0.2, -0.15) is 0 Å². The number of carbonyl (C=O) groups is 2. The van der Waals surface area contributed by atoms with Crippen LogP contribution in [0.1, 0.15) is 49.3 Å². The molecule has 0 aliphatic carbocycles. The zero-order chi connectivity index (χ0) is 26.2. The molecule has 0 saturated heterocycles. The molecule has 0 aliphatic rings. The monoisotopic (exact) mass is 511 g/mol. The Kier molecular flexibility index (Phi) is 9.71. The molecule has 0 unspecified atom stereocenters. The lowest BCUT2D eigenvalue weighted by molar-refractivity contribution is -0.133. The van der Waals surface area contributed by atoms with Crippen LogP contribution in [0.25, 0.3) is 0 Å². The van der Waals surface area contributed by atoms with Crippen LogP contribution >= 0.6 is 11.6 Å². The molecule has 0 bridgehead atoms. The highest BCUT2D eigenvalue weighted by atomic mass is 35.5. The molecule has 2 aromatic carbocycles. The number of amides is 2. The van der Waals surface area contributed by atoms with Gasteiger partial charge in [0, 0.05) is 42.1 Å². The first-order chi connectivity index (χ1) is 17.1. The molecule has 0 spiro atoms. The predicted molar refractivity (Wildman–Crippen MR) is 142 cm³/mol. The summed E-state index contributed by atoms with van der Waals surface area (Å²) in [5, 5.41) is 0.705. The maximum absolute atomic E-state index is 13.6. The van der Waals surface area contributed by atoms with E-state index in [1.54, 1.807) is 4.90 Å². The summed E-state index contributed by atoms with van der Waals surface area (Å²) in [6.07, 6.45) is 1.99. The van der Waals surface area contributed by atoms with Gasteiger partial charge >= 0.3 is 0 Å². The summed E-state index contributed by atoms with van der Waals surface area (Å²) in [5.74, 6) is -0.365. The van der Waals surface area contributed by atoms with Gasteiger partial charge in [-0.3, -0.25) is 9.59 Å². The van der Waals surface area contributed by atoms with Crippen molar-refractivity contribution in [1.29, 1.82) is 0 Å². The first-order valence-corrected chi connectivity index (χ1v) is 12.7. The number of hydrogen-bond acceptors (Lipinski definition) is 2. The van der Waals surface area contributed by atoms with Crippen LogP contribution in [-0.4, -0.2) is 45.8 Å². The van der Waals surface area contributed by atoms with E-state index in [9.17, 15) is 14.0 Å². The molecule has 5 nitrogen and oxygen atoms in total. The highest BCUT2D eigenvalue weighted by molar-refractivity contribution is 6.31. The molecule has 0 fully saturated rings. The maximum atomic E-state index is 13.6. The van der Waals surface area contributed by atoms with E-state index in [0.29, 0.717) is 36.8 Å². The second kappa shape index (κ2) is 12.7. The molecule has 0 N–H and O–H groups in total. The summed E-state index contributed by atoms with van der Waals surface area (Å²) in [6.45, 7) is 10.1. The molecular weight excluding hydrogens is 477 g/mol. The highest BCUT2D eigenvalue weighted by Gasteiger charge is 2.24. The molecule has 7 heteroatoms. The SMILES string of the molecule is CC(C)CN(Cc1cccn1Cc1ccccc1Cl)C(=O)CN(CC(C)C)C(=O)c1ccc(F)cc1. The third-order valence-corrected chi connectivity index (χ3v) is 6.17. The van der Waals surface area contributed by atoms with Crippen molar-refractivity contribution in [3.63, 3.8) is 0 Å². The first-order valence-electron chi connectivity index (χ1n) is 12.3. The van der Waals surface area contributed by atoms with Crippen LogP contribution in [-0.2, 0) is 17.9 Å². The van der Waals surface area contributed by atoms with Crippen molar-refractivity contribution in [3.05, 3.63) is 94.5 Å². The molecule has 36 heavy (non-hydrogen) atoms. The van der Waals surface area contributed by atoms with E-state index in [4.69, 9.17) is 11.6 Å². The van der Waals surface area contributed by atoms with Gasteiger partial charge in [0.15, 0.2) is 0 Å². The zero-order valence-corrected chi connectivity index (χ0v) is 22.2. The number of hydrogen-bond donors (Lipinski definition) is 0. The highest BCUT2D eigenvalue weighted by Crippen LogP contribution is 2.19. The lowest BCUT2D eigenvalue weighted by Crippen LogP contribution is -2.45. The fraction of sp³-hybridized carbons (Fsp3) is 0.379. The largest absolute Gasteiger partial charge is 0.345 e. The van der Waals surface area contributed by atoms with Crippen molar-refractivity contribution in [2.75, 3.05) is 19.6 Å². The van der Waals surface area contributed by atoms with Crippen molar-refractivity contribution in [2.24, 2.45) is 11.8 Å². The minimum Gasteiger partial charge on any atom is -0.345 e. The Balaban J connectivity index is 1.79. The van der Waals surface area contributed by atoms with Gasteiger partial charge < -0.3 is 14.4 Å². The van der Waals surface area contributed by atoms with E-state index in [2.05, 4.69) is 18.4 Å². The molecule has 1 aromatic heterocycles. The lowest BCUT2D eigenvalue weighted by Gasteiger charge is -2.30. The number of carbonyl (C=O) groups excluding carboxylic acids is 2. The Hall–Kier alpha value is -3.12. The number of aromatic nitrogens is 1. The van der Waals surface area contributed by atoms with E-state index >= 15 is 0 Å². The van der Waals surface area contributed by atoms with Gasteiger partial charge in [-0.25, -0.2) is 4.39 Å². The van der Waals surface area contributed by atoms with Crippen LogP contribution in [0.15, 0.2) is 66.9 Å². The molecule has 2 amide bonds. The summed E-state index contributed by atoms with van der Waals surface area (Å²) < 4.78 is 15.5. The van der Waals surface area contributed by atoms with Crippen molar-refractivity contribution >= 4 is 23.4 Å². The van der Waals surface area contributed by atoms with E-state index in [1.165, 1.54) is 24.3 Å². The molecule has 3 rings (SSSR count). The van der Waals surface area contributed by atoms with Crippen LogP contribution in [0.5, 0.6) is 0 Å². The maximum Gasteiger partial charge on any atom is 0.254 e. The summed E-state index contributed by atoms with van der Waals surface area (Å²) >= 11 is 6.37. The van der Waals surface area contributed by atoms with Crippen LogP contribution in [0, 0.1) is 17.7 Å². The van der Waals surface area contributed by atoms with Gasteiger partial charge in [-0.05, 0) is 59.9 Å². The van der Waals surface area contributed by atoms with Gasteiger partial charge in [0.2, 0.25) is 5.91 Å². The minimum atomic E-state index is -0.402. The number of benzene rings is 2. The predicted octanol–water partition coefficient (Wildman–Crippen LogP) is 6.11. The summed E-state index contributed by atoms with van der Waals surface area (Å²) in [5.41, 5.74) is 2.37. The third kappa shape index (κ3) is 7.69. The molecule has 3 aromatic rings. The topological polar surface area (TPSA) is 45.6 Å². The van der Waals surface area contributed by atoms with Crippen LogP contribution in [0.3, 0.4) is 0 Å². The number of halogens is 2. The Morgan fingerprint density at radius 2 is 1.53 bits per heavy atom. The van der Waals surface area contributed by atoms with Crippen molar-refractivity contribution in [1.82, 2.24) is 14.4 Å². The van der Waals surface area contributed by atoms with Crippen LogP contribution in [0.4, 0.5) is 4.39 Å².